The third-order valence-corrected chi connectivity index (χ3v) is 1.50. The van der Waals surface area contributed by atoms with E-state index in [4.69, 9.17) is 4.74 Å². The summed E-state index contributed by atoms with van der Waals surface area (Å²) in [7, 11) is 0. The summed E-state index contributed by atoms with van der Waals surface area (Å²) in [6.07, 6.45) is 1.34. The van der Waals surface area contributed by atoms with Crippen LogP contribution in [0.2, 0.25) is 0 Å². The fourth-order valence-corrected chi connectivity index (χ4v) is 0.913. The van der Waals surface area contributed by atoms with Crippen LogP contribution in [-0.4, -0.2) is 42.6 Å². The van der Waals surface area contributed by atoms with Crippen LogP contribution in [0.15, 0.2) is 12.7 Å². The van der Waals surface area contributed by atoms with Crippen LogP contribution >= 0.6 is 0 Å². The Hall–Kier alpha value is -0.870. The molecule has 1 N–H and O–H groups in total. The van der Waals surface area contributed by atoms with Gasteiger partial charge in [-0.3, -0.25) is 10.3 Å². The van der Waals surface area contributed by atoms with Crippen molar-refractivity contribution in [3.05, 3.63) is 12.7 Å². The molecule has 63 valence electrons. The van der Waals surface area contributed by atoms with E-state index in [1.54, 1.807) is 4.90 Å². The largest absolute Gasteiger partial charge is 0.378 e. The number of amides is 1. The molecule has 11 heavy (non-hydrogen) atoms. The van der Waals surface area contributed by atoms with Gasteiger partial charge in [0.1, 0.15) is 0 Å². The third-order valence-electron chi connectivity index (χ3n) is 1.50. The molecule has 1 aliphatic heterocycles. The number of nitrogens with zero attached hydrogens (tertiary/aromatic N) is 1. The number of hydrogen-bond acceptors (Lipinski definition) is 2. The van der Waals surface area contributed by atoms with Gasteiger partial charge in [0.15, 0.2) is 0 Å². The molecule has 1 radical (unpaired) electrons. The third kappa shape index (κ3) is 2.69. The molecule has 0 aromatic carbocycles. The predicted molar refractivity (Wildman–Crippen MR) is 39.5 cm³/mol. The van der Waals surface area contributed by atoms with E-state index in [-0.39, 0.29) is 11.4 Å². The zero-order chi connectivity index (χ0) is 7.40. The van der Waals surface area contributed by atoms with Gasteiger partial charge in [-0.15, -0.1) is 0 Å². The minimum absolute atomic E-state index is 0. The van der Waals surface area contributed by atoms with E-state index in [0.717, 1.165) is 0 Å². The fourth-order valence-electron chi connectivity index (χ4n) is 0.913. The maximum absolute atomic E-state index is 10.9. The second-order valence-corrected chi connectivity index (χ2v) is 2.14. The molecule has 0 unspecified atom stereocenters. The Balaban J connectivity index is 0.000001000. The molecule has 0 aromatic heterocycles. The van der Waals surface area contributed by atoms with Crippen LogP contribution < -0.4 is 0 Å². The van der Waals surface area contributed by atoms with Crippen molar-refractivity contribution in [2.75, 3.05) is 26.3 Å². The Labute approximate surface area is 65.7 Å². The number of carbonyl (C=O) groups is 1. The molecule has 0 aromatic rings. The molecule has 1 amide bonds. The first-order chi connectivity index (χ1) is 4.84. The molecular weight excluding hydrogens is 146 g/mol. The zero-order valence-corrected chi connectivity index (χ0v) is 6.32. The van der Waals surface area contributed by atoms with Crippen LogP contribution in [-0.2, 0) is 9.53 Å². The molecule has 1 aliphatic rings. The standard InChI is InChI=1S/C7H11NO2.HO/c1-2-7(9)8-3-5-10-6-4-8;/h2H,1,3-6H2;1H. The zero-order valence-electron chi connectivity index (χ0n) is 6.32. The van der Waals surface area contributed by atoms with Crippen LogP contribution in [0, 0.1) is 0 Å². The Morgan fingerprint density at radius 3 is 2.45 bits per heavy atom. The van der Waals surface area contributed by atoms with Crippen molar-refractivity contribution in [3.8, 4) is 0 Å². The van der Waals surface area contributed by atoms with Gasteiger partial charge in [-0.05, 0) is 6.08 Å². The van der Waals surface area contributed by atoms with Crippen LogP contribution in [0.5, 0.6) is 0 Å². The summed E-state index contributed by atoms with van der Waals surface area (Å²) in [5.41, 5.74) is 0. The van der Waals surface area contributed by atoms with Gasteiger partial charge < -0.3 is 9.64 Å². The van der Waals surface area contributed by atoms with Gasteiger partial charge in [0.05, 0.1) is 13.2 Å². The van der Waals surface area contributed by atoms with Crippen molar-refractivity contribution in [2.45, 2.75) is 0 Å². The number of rotatable bonds is 1. The van der Waals surface area contributed by atoms with E-state index < -0.39 is 0 Å². The highest BCUT2D eigenvalue weighted by Gasteiger charge is 2.12. The average molecular weight is 158 g/mol. The lowest BCUT2D eigenvalue weighted by atomic mass is 10.4. The molecule has 4 heteroatoms. The van der Waals surface area contributed by atoms with Crippen LogP contribution in [0.4, 0.5) is 0 Å². The van der Waals surface area contributed by atoms with Gasteiger partial charge in [0.2, 0.25) is 5.91 Å². The normalized spacial score (nSPS) is 16.9. The van der Waals surface area contributed by atoms with Gasteiger partial charge in [-0.2, -0.15) is 0 Å². The maximum atomic E-state index is 10.9. The van der Waals surface area contributed by atoms with E-state index in [0.29, 0.717) is 26.3 Å². The van der Waals surface area contributed by atoms with Gasteiger partial charge in [-0.25, -0.2) is 0 Å². The lowest BCUT2D eigenvalue weighted by Gasteiger charge is -2.25. The first kappa shape index (κ1) is 10.1. The Kier molecular flexibility index (Phi) is 4.49. The van der Waals surface area contributed by atoms with Crippen molar-refractivity contribution in [3.63, 3.8) is 0 Å². The van der Waals surface area contributed by atoms with Gasteiger partial charge in [0, 0.05) is 13.1 Å². The maximum Gasteiger partial charge on any atom is 0.246 e. The van der Waals surface area contributed by atoms with Gasteiger partial charge in [0.25, 0.3) is 0 Å². The van der Waals surface area contributed by atoms with E-state index in [2.05, 4.69) is 6.58 Å². The molecule has 0 spiro atoms. The lowest BCUT2D eigenvalue weighted by molar-refractivity contribution is -0.129. The van der Waals surface area contributed by atoms with Crippen LogP contribution in [0.3, 0.4) is 0 Å². The molecule has 0 saturated carbocycles. The molecule has 0 aliphatic carbocycles. The quantitative estimate of drug-likeness (QED) is 0.540. The Morgan fingerprint density at radius 2 is 2.00 bits per heavy atom. The van der Waals surface area contributed by atoms with Crippen molar-refractivity contribution in [1.29, 1.82) is 0 Å². The summed E-state index contributed by atoms with van der Waals surface area (Å²) >= 11 is 0. The fraction of sp³-hybridized carbons (Fsp3) is 0.571. The predicted octanol–water partition coefficient (Wildman–Crippen LogP) is -0.146. The number of ether oxygens (including phenoxy) is 1. The number of carbonyl (C=O) groups excluding carboxylic acids is 1. The van der Waals surface area contributed by atoms with Crippen LogP contribution in [0.1, 0.15) is 0 Å². The molecular formula is C7H12NO3. The summed E-state index contributed by atoms with van der Waals surface area (Å²) in [6.45, 7) is 6.11. The number of morpholine rings is 1. The van der Waals surface area contributed by atoms with Crippen molar-refractivity contribution in [2.24, 2.45) is 0 Å². The molecule has 0 bridgehead atoms. The molecule has 1 fully saturated rings. The highest BCUT2D eigenvalue weighted by atomic mass is 16.5. The first-order valence-corrected chi connectivity index (χ1v) is 3.33. The second kappa shape index (κ2) is 4.87. The lowest BCUT2D eigenvalue weighted by Crippen LogP contribution is -2.39. The highest BCUT2D eigenvalue weighted by Crippen LogP contribution is 1.96. The summed E-state index contributed by atoms with van der Waals surface area (Å²) < 4.78 is 5.07. The molecule has 4 nitrogen and oxygen atoms in total. The smallest absolute Gasteiger partial charge is 0.246 e. The summed E-state index contributed by atoms with van der Waals surface area (Å²) in [5, 5.41) is 0. The molecule has 0 atom stereocenters. The van der Waals surface area contributed by atoms with Gasteiger partial charge >= 0.3 is 0 Å². The number of hydrogen-bond donors (Lipinski definition) is 1. The molecule has 1 rings (SSSR count). The molecule has 1 saturated heterocycles. The van der Waals surface area contributed by atoms with Crippen molar-refractivity contribution < 1.29 is 15.0 Å². The van der Waals surface area contributed by atoms with Crippen LogP contribution in [0.25, 0.3) is 0 Å². The van der Waals surface area contributed by atoms with E-state index >= 15 is 0 Å². The minimum Gasteiger partial charge on any atom is -0.378 e. The Bertz CT molecular complexity index is 141. The van der Waals surface area contributed by atoms with Crippen molar-refractivity contribution >= 4 is 5.91 Å². The first-order valence-electron chi connectivity index (χ1n) is 3.33. The van der Waals surface area contributed by atoms with E-state index in [9.17, 15) is 4.79 Å². The van der Waals surface area contributed by atoms with E-state index in [1.165, 1.54) is 6.08 Å². The van der Waals surface area contributed by atoms with Gasteiger partial charge in [-0.1, -0.05) is 6.58 Å². The van der Waals surface area contributed by atoms with Crippen molar-refractivity contribution in [1.82, 2.24) is 4.90 Å². The molecule has 1 heterocycles. The summed E-state index contributed by atoms with van der Waals surface area (Å²) in [6, 6.07) is 0. The summed E-state index contributed by atoms with van der Waals surface area (Å²) in [5.74, 6) is 0.00306. The monoisotopic (exact) mass is 158 g/mol. The second-order valence-electron chi connectivity index (χ2n) is 2.14. The Morgan fingerprint density at radius 1 is 1.45 bits per heavy atom. The van der Waals surface area contributed by atoms with E-state index in [1.807, 2.05) is 0 Å². The SMILES string of the molecule is C=CC(=O)N1CCOCC1.[OH]. The summed E-state index contributed by atoms with van der Waals surface area (Å²) in [4.78, 5) is 12.7. The highest BCUT2D eigenvalue weighted by molar-refractivity contribution is 5.87. The minimum atomic E-state index is 0. The topological polar surface area (TPSA) is 59.5 Å². The average Bonchev–Trinajstić information content (AvgIpc) is 2.05.